The van der Waals surface area contributed by atoms with Crippen molar-refractivity contribution in [3.63, 3.8) is 0 Å². The van der Waals surface area contributed by atoms with E-state index in [0.29, 0.717) is 5.69 Å². The van der Waals surface area contributed by atoms with Crippen LogP contribution in [0.2, 0.25) is 0 Å². The van der Waals surface area contributed by atoms with E-state index in [0.717, 1.165) is 11.1 Å². The van der Waals surface area contributed by atoms with Crippen LogP contribution in [-0.2, 0) is 5.41 Å². The average molecular weight is 254 g/mol. The maximum atomic E-state index is 9.85. The van der Waals surface area contributed by atoms with Crippen LogP contribution >= 0.6 is 0 Å². The Balaban J connectivity index is 2.32. The molecule has 0 bridgehead atoms. The summed E-state index contributed by atoms with van der Waals surface area (Å²) in [6, 6.07) is 9.31. The van der Waals surface area contributed by atoms with Crippen LogP contribution in [0.3, 0.4) is 0 Å². The fourth-order valence-corrected chi connectivity index (χ4v) is 1.69. The fraction of sp³-hybridized carbons (Fsp3) is 0.250. The molecule has 0 amide bonds. The highest BCUT2D eigenvalue weighted by Gasteiger charge is 2.14. The lowest BCUT2D eigenvalue weighted by molar-refractivity contribution is 0.475. The first-order valence-corrected chi connectivity index (χ1v) is 6.24. The third kappa shape index (κ3) is 3.41. The van der Waals surface area contributed by atoms with Gasteiger partial charge in [0.1, 0.15) is 11.4 Å². The number of phenols is 1. The molecule has 3 heteroatoms. The third-order valence-corrected chi connectivity index (χ3v) is 2.88. The van der Waals surface area contributed by atoms with Crippen molar-refractivity contribution in [1.82, 2.24) is 4.98 Å². The van der Waals surface area contributed by atoms with Gasteiger partial charge in [0.25, 0.3) is 0 Å². The number of nitrogens with zero attached hydrogens (tertiary/aromatic N) is 2. The molecular formula is C16H18N2O. The lowest BCUT2D eigenvalue weighted by Crippen LogP contribution is -2.10. The summed E-state index contributed by atoms with van der Waals surface area (Å²) in [7, 11) is 0. The number of aliphatic imine (C=N–C) groups is 1. The van der Waals surface area contributed by atoms with Crippen molar-refractivity contribution < 1.29 is 5.11 Å². The second-order valence-corrected chi connectivity index (χ2v) is 5.50. The van der Waals surface area contributed by atoms with Crippen molar-refractivity contribution in [2.45, 2.75) is 26.2 Å². The second-order valence-electron chi connectivity index (χ2n) is 5.50. The topological polar surface area (TPSA) is 45.5 Å². The van der Waals surface area contributed by atoms with Gasteiger partial charge in [-0.05, 0) is 29.2 Å². The van der Waals surface area contributed by atoms with Gasteiger partial charge in [-0.1, -0.05) is 32.9 Å². The molecule has 1 aromatic heterocycles. The summed E-state index contributed by atoms with van der Waals surface area (Å²) in [5.41, 5.74) is 2.66. The highest BCUT2D eigenvalue weighted by Crippen LogP contribution is 2.32. The zero-order valence-electron chi connectivity index (χ0n) is 11.5. The van der Waals surface area contributed by atoms with Gasteiger partial charge in [-0.3, -0.25) is 9.98 Å². The molecule has 0 atom stereocenters. The number of rotatable bonds is 2. The normalized spacial score (nSPS) is 11.9. The number of phenolic OH excluding ortho intramolecular Hbond substituents is 1. The summed E-state index contributed by atoms with van der Waals surface area (Å²) in [6.45, 7) is 6.40. The first-order valence-electron chi connectivity index (χ1n) is 6.24. The first-order chi connectivity index (χ1) is 8.97. The lowest BCUT2D eigenvalue weighted by Gasteiger charge is -2.19. The molecule has 2 aromatic rings. The maximum absolute atomic E-state index is 9.85. The molecule has 0 saturated carbocycles. The predicted molar refractivity (Wildman–Crippen MR) is 78.3 cm³/mol. The number of hydrogen-bond acceptors (Lipinski definition) is 3. The first kappa shape index (κ1) is 13.3. The van der Waals surface area contributed by atoms with Gasteiger partial charge in [-0.15, -0.1) is 0 Å². The average Bonchev–Trinajstić information content (AvgIpc) is 2.37. The van der Waals surface area contributed by atoms with Crippen molar-refractivity contribution in [2.24, 2.45) is 4.99 Å². The maximum Gasteiger partial charge on any atom is 0.141 e. The Bertz CT molecular complexity index is 583. The Morgan fingerprint density at radius 2 is 2.00 bits per heavy atom. The van der Waals surface area contributed by atoms with Crippen LogP contribution < -0.4 is 0 Å². The molecule has 98 valence electrons. The minimum absolute atomic E-state index is 0.0340. The second kappa shape index (κ2) is 5.22. The number of benzene rings is 1. The molecule has 2 rings (SSSR count). The summed E-state index contributed by atoms with van der Waals surface area (Å²) in [4.78, 5) is 8.36. The minimum atomic E-state index is 0.0340. The Labute approximate surface area is 113 Å². The zero-order chi connectivity index (χ0) is 13.9. The van der Waals surface area contributed by atoms with Gasteiger partial charge >= 0.3 is 0 Å². The highest BCUT2D eigenvalue weighted by molar-refractivity contribution is 5.82. The molecular weight excluding hydrogens is 236 g/mol. The van der Waals surface area contributed by atoms with Crippen LogP contribution in [0.1, 0.15) is 31.9 Å². The van der Waals surface area contributed by atoms with Crippen molar-refractivity contribution in [3.05, 3.63) is 53.9 Å². The largest absolute Gasteiger partial charge is 0.506 e. The Kier molecular flexibility index (Phi) is 3.65. The van der Waals surface area contributed by atoms with Crippen molar-refractivity contribution in [1.29, 1.82) is 0 Å². The SMILES string of the molecule is CC(C)(C)c1ccc(O)c(N=Cc2cccnc2)c1. The lowest BCUT2D eigenvalue weighted by atomic mass is 9.87. The standard InChI is InChI=1S/C16H18N2O/c1-16(2,3)13-6-7-15(19)14(9-13)18-11-12-5-4-8-17-10-12/h4-11,19H,1-3H3. The molecule has 0 aliphatic rings. The molecule has 0 unspecified atom stereocenters. The predicted octanol–water partition coefficient (Wildman–Crippen LogP) is 3.84. The van der Waals surface area contributed by atoms with Crippen molar-refractivity contribution in [2.75, 3.05) is 0 Å². The minimum Gasteiger partial charge on any atom is -0.506 e. The van der Waals surface area contributed by atoms with E-state index in [-0.39, 0.29) is 11.2 Å². The van der Waals surface area contributed by atoms with E-state index in [1.54, 1.807) is 24.7 Å². The van der Waals surface area contributed by atoms with E-state index in [2.05, 4.69) is 30.7 Å². The van der Waals surface area contributed by atoms with Gasteiger partial charge in [0, 0.05) is 24.2 Å². The van der Waals surface area contributed by atoms with Gasteiger partial charge in [-0.2, -0.15) is 0 Å². The van der Waals surface area contributed by atoms with Crippen molar-refractivity contribution in [3.8, 4) is 5.75 Å². The van der Waals surface area contributed by atoms with Gasteiger partial charge in [0.05, 0.1) is 0 Å². The van der Waals surface area contributed by atoms with Gasteiger partial charge in [0.2, 0.25) is 0 Å². The summed E-state index contributed by atoms with van der Waals surface area (Å²) in [5, 5.41) is 9.85. The van der Waals surface area contributed by atoms with E-state index in [4.69, 9.17) is 0 Å². The molecule has 1 N–H and O–H groups in total. The molecule has 3 nitrogen and oxygen atoms in total. The van der Waals surface area contributed by atoms with Gasteiger partial charge < -0.3 is 5.11 Å². The van der Waals surface area contributed by atoms with Crippen LogP contribution in [0.4, 0.5) is 5.69 Å². The van der Waals surface area contributed by atoms with Crippen LogP contribution in [0, 0.1) is 0 Å². The monoisotopic (exact) mass is 254 g/mol. The van der Waals surface area contributed by atoms with Crippen LogP contribution in [0.5, 0.6) is 5.75 Å². The van der Waals surface area contributed by atoms with E-state index in [1.165, 1.54) is 0 Å². The van der Waals surface area contributed by atoms with E-state index in [9.17, 15) is 5.11 Å². The van der Waals surface area contributed by atoms with Crippen LogP contribution in [0.15, 0.2) is 47.7 Å². The Morgan fingerprint density at radius 1 is 1.21 bits per heavy atom. The van der Waals surface area contributed by atoms with Crippen LogP contribution in [-0.4, -0.2) is 16.3 Å². The van der Waals surface area contributed by atoms with Crippen LogP contribution in [0.25, 0.3) is 0 Å². The van der Waals surface area contributed by atoms with Gasteiger partial charge in [-0.25, -0.2) is 0 Å². The molecule has 0 saturated heterocycles. The number of aromatic hydroxyl groups is 1. The van der Waals surface area contributed by atoms with Crippen molar-refractivity contribution >= 4 is 11.9 Å². The van der Waals surface area contributed by atoms with Gasteiger partial charge in [0.15, 0.2) is 0 Å². The highest BCUT2D eigenvalue weighted by atomic mass is 16.3. The molecule has 0 aliphatic carbocycles. The number of pyridine rings is 1. The molecule has 0 spiro atoms. The summed E-state index contributed by atoms with van der Waals surface area (Å²) in [6.07, 6.45) is 5.15. The van der Waals surface area contributed by atoms with E-state index < -0.39 is 0 Å². The number of hydrogen-bond donors (Lipinski definition) is 1. The van der Waals surface area contributed by atoms with E-state index >= 15 is 0 Å². The summed E-state index contributed by atoms with van der Waals surface area (Å²) in [5.74, 6) is 0.188. The fourth-order valence-electron chi connectivity index (χ4n) is 1.69. The molecule has 0 aliphatic heterocycles. The Hall–Kier alpha value is -2.16. The summed E-state index contributed by atoms with van der Waals surface area (Å²) >= 11 is 0. The third-order valence-electron chi connectivity index (χ3n) is 2.88. The number of aromatic nitrogens is 1. The molecule has 1 heterocycles. The molecule has 19 heavy (non-hydrogen) atoms. The molecule has 0 radical (unpaired) electrons. The summed E-state index contributed by atoms with van der Waals surface area (Å²) < 4.78 is 0. The Morgan fingerprint density at radius 3 is 2.63 bits per heavy atom. The quantitative estimate of drug-likeness (QED) is 0.828. The zero-order valence-corrected chi connectivity index (χ0v) is 11.5. The smallest absolute Gasteiger partial charge is 0.141 e. The molecule has 1 aromatic carbocycles. The van der Waals surface area contributed by atoms with E-state index in [1.807, 2.05) is 24.3 Å². The molecule has 0 fully saturated rings.